The van der Waals surface area contributed by atoms with Crippen LogP contribution in [0.2, 0.25) is 0 Å². The van der Waals surface area contributed by atoms with Gasteiger partial charge in [0.15, 0.2) is 0 Å². The number of benzene rings is 1. The monoisotopic (exact) mass is 348 g/mol. The molecule has 0 radical (unpaired) electrons. The van der Waals surface area contributed by atoms with Gasteiger partial charge in [0.25, 0.3) is 11.6 Å². The molecule has 25 heavy (non-hydrogen) atoms. The second-order valence-corrected chi connectivity index (χ2v) is 7.76. The molecule has 0 bridgehead atoms. The highest BCUT2D eigenvalue weighted by Gasteiger charge is 2.52. The highest BCUT2D eigenvalue weighted by atomic mass is 16.7. The minimum Gasteiger partial charge on any atom is -0.399 e. The zero-order chi connectivity index (χ0) is 19.0. The summed E-state index contributed by atoms with van der Waals surface area (Å²) in [4.78, 5) is 23.1. The van der Waals surface area contributed by atoms with Crippen molar-refractivity contribution >= 4 is 24.2 Å². The van der Waals surface area contributed by atoms with Crippen molar-refractivity contribution in [3.8, 4) is 0 Å². The molecule has 7 nitrogen and oxygen atoms in total. The van der Waals surface area contributed by atoms with Gasteiger partial charge < -0.3 is 14.6 Å². The Morgan fingerprint density at radius 3 is 2.24 bits per heavy atom. The number of nitrogens with one attached hydrogen (secondary N) is 1. The maximum atomic E-state index is 12.3. The van der Waals surface area contributed by atoms with Crippen molar-refractivity contribution in [1.29, 1.82) is 0 Å². The maximum Gasteiger partial charge on any atom is 0.495 e. The lowest BCUT2D eigenvalue weighted by Gasteiger charge is -2.32. The van der Waals surface area contributed by atoms with Gasteiger partial charge in [-0.2, -0.15) is 0 Å². The first-order valence-corrected chi connectivity index (χ1v) is 8.36. The number of hydrogen-bond acceptors (Lipinski definition) is 5. The Morgan fingerprint density at radius 1 is 1.20 bits per heavy atom. The van der Waals surface area contributed by atoms with E-state index in [0.29, 0.717) is 12.0 Å². The van der Waals surface area contributed by atoms with Crippen LogP contribution in [-0.4, -0.2) is 35.7 Å². The highest BCUT2D eigenvalue weighted by Crippen LogP contribution is 2.36. The first-order valence-electron chi connectivity index (χ1n) is 8.36. The highest BCUT2D eigenvalue weighted by molar-refractivity contribution is 6.62. The zero-order valence-electron chi connectivity index (χ0n) is 15.6. The molecule has 1 fully saturated rings. The van der Waals surface area contributed by atoms with Crippen molar-refractivity contribution in [2.45, 2.75) is 52.7 Å². The van der Waals surface area contributed by atoms with Crippen LogP contribution in [0, 0.1) is 16.0 Å². The predicted molar refractivity (Wildman–Crippen MR) is 96.0 cm³/mol. The third-order valence-corrected chi connectivity index (χ3v) is 4.61. The first-order chi connectivity index (χ1) is 11.4. The smallest absolute Gasteiger partial charge is 0.399 e. The largest absolute Gasteiger partial charge is 0.495 e. The van der Waals surface area contributed by atoms with Gasteiger partial charge >= 0.3 is 7.12 Å². The average Bonchev–Trinajstić information content (AvgIpc) is 2.72. The molecular formula is C17H25BN2O5. The van der Waals surface area contributed by atoms with Crippen LogP contribution in [0.3, 0.4) is 0 Å². The Bertz CT molecular complexity index is 672. The Labute approximate surface area is 148 Å². The van der Waals surface area contributed by atoms with Crippen molar-refractivity contribution in [2.24, 2.45) is 5.92 Å². The van der Waals surface area contributed by atoms with Gasteiger partial charge in [0.1, 0.15) is 0 Å². The molecule has 8 heteroatoms. The summed E-state index contributed by atoms with van der Waals surface area (Å²) in [7, 11) is -0.762. The molecule has 136 valence electrons. The number of non-ortho nitro benzene ring substituents is 1. The lowest BCUT2D eigenvalue weighted by molar-refractivity contribution is -0.384. The average molecular weight is 348 g/mol. The summed E-state index contributed by atoms with van der Waals surface area (Å²) in [5, 5.41) is 14.0. The molecule has 1 aliphatic rings. The summed E-state index contributed by atoms with van der Waals surface area (Å²) in [5.74, 6) is -0.0691. The number of carbonyl (C=O) groups is 1. The van der Waals surface area contributed by atoms with E-state index in [-0.39, 0.29) is 23.1 Å². The van der Waals surface area contributed by atoms with E-state index in [9.17, 15) is 14.9 Å². The fourth-order valence-corrected chi connectivity index (χ4v) is 2.39. The van der Waals surface area contributed by atoms with E-state index in [0.717, 1.165) is 0 Å². The first kappa shape index (κ1) is 19.4. The van der Waals surface area contributed by atoms with Gasteiger partial charge in [-0.05, 0) is 45.1 Å². The number of carbonyl (C=O) groups excluding carboxylic acids is 1. The van der Waals surface area contributed by atoms with Crippen LogP contribution in [0.25, 0.3) is 0 Å². The van der Waals surface area contributed by atoms with Crippen molar-refractivity contribution in [2.75, 3.05) is 6.54 Å². The molecule has 1 heterocycles. The van der Waals surface area contributed by atoms with E-state index in [1.807, 2.05) is 41.5 Å². The zero-order valence-corrected chi connectivity index (χ0v) is 15.6. The second kappa shape index (κ2) is 6.76. The number of hydrogen-bond donors (Lipinski definition) is 1. The Morgan fingerprint density at radius 2 is 1.76 bits per heavy atom. The van der Waals surface area contributed by atoms with Crippen LogP contribution in [0.5, 0.6) is 0 Å². The van der Waals surface area contributed by atoms with Gasteiger partial charge in [0, 0.05) is 24.2 Å². The number of amides is 1. The van der Waals surface area contributed by atoms with E-state index in [1.54, 1.807) is 6.07 Å². The Balaban J connectivity index is 2.36. The lowest BCUT2D eigenvalue weighted by Crippen LogP contribution is -2.41. The SMILES string of the molecule is CC(C)CNC(=O)c1cc(B2OC(C)(C)C(C)(C)O2)cc([N+](=O)[O-])c1. The van der Waals surface area contributed by atoms with Crippen LogP contribution >= 0.6 is 0 Å². The summed E-state index contributed by atoms with van der Waals surface area (Å²) < 4.78 is 11.9. The van der Waals surface area contributed by atoms with E-state index < -0.39 is 23.2 Å². The number of rotatable bonds is 5. The molecule has 2 rings (SSSR count). The van der Waals surface area contributed by atoms with Crippen LogP contribution in [0.4, 0.5) is 5.69 Å². The maximum absolute atomic E-state index is 12.3. The standard InChI is InChI=1S/C17H25BN2O5/c1-11(2)10-19-15(21)12-7-13(9-14(8-12)20(22)23)18-24-16(3,4)17(5,6)25-18/h7-9,11H,10H2,1-6H3,(H,19,21). The molecule has 0 unspecified atom stereocenters. The van der Waals surface area contributed by atoms with Gasteiger partial charge in [-0.15, -0.1) is 0 Å². The minimum absolute atomic E-state index is 0.165. The predicted octanol–water partition coefficient (Wildman–Crippen LogP) is 2.28. The number of nitro benzene ring substituents is 1. The van der Waals surface area contributed by atoms with Crippen LogP contribution in [-0.2, 0) is 9.31 Å². The second-order valence-electron chi connectivity index (χ2n) is 7.76. The van der Waals surface area contributed by atoms with Crippen molar-refractivity contribution in [3.63, 3.8) is 0 Å². The fraction of sp³-hybridized carbons (Fsp3) is 0.588. The van der Waals surface area contributed by atoms with Crippen LogP contribution in [0.1, 0.15) is 51.9 Å². The van der Waals surface area contributed by atoms with Crippen molar-refractivity contribution in [1.82, 2.24) is 5.32 Å². The minimum atomic E-state index is -0.762. The lowest BCUT2D eigenvalue weighted by atomic mass is 9.78. The van der Waals surface area contributed by atoms with Crippen molar-refractivity contribution < 1.29 is 19.0 Å². The molecule has 1 aromatic rings. The molecule has 0 spiro atoms. The molecule has 0 atom stereocenters. The van der Waals surface area contributed by atoms with E-state index in [2.05, 4.69) is 5.32 Å². The normalized spacial score (nSPS) is 18.4. The topological polar surface area (TPSA) is 90.7 Å². The summed E-state index contributed by atoms with van der Waals surface area (Å²) in [6.07, 6.45) is 0. The van der Waals surface area contributed by atoms with Gasteiger partial charge in [-0.3, -0.25) is 14.9 Å². The summed E-state index contributed by atoms with van der Waals surface area (Å²) >= 11 is 0. The molecule has 1 N–H and O–H groups in total. The molecule has 0 aliphatic carbocycles. The van der Waals surface area contributed by atoms with Crippen LogP contribution in [0.15, 0.2) is 18.2 Å². The summed E-state index contributed by atoms with van der Waals surface area (Å²) in [6.45, 7) is 12.1. The Kier molecular flexibility index (Phi) is 5.25. The van der Waals surface area contributed by atoms with Gasteiger partial charge in [0.2, 0.25) is 0 Å². The third kappa shape index (κ3) is 4.19. The van der Waals surface area contributed by atoms with Gasteiger partial charge in [-0.1, -0.05) is 13.8 Å². The quantitative estimate of drug-likeness (QED) is 0.501. The summed E-state index contributed by atoms with van der Waals surface area (Å²) in [6, 6.07) is 4.25. The van der Waals surface area contributed by atoms with E-state index in [1.165, 1.54) is 12.1 Å². The van der Waals surface area contributed by atoms with Crippen LogP contribution < -0.4 is 10.8 Å². The number of nitro groups is 1. The van der Waals surface area contributed by atoms with Gasteiger partial charge in [-0.25, -0.2) is 0 Å². The molecular weight excluding hydrogens is 323 g/mol. The molecule has 1 aromatic carbocycles. The molecule has 0 aromatic heterocycles. The molecule has 1 saturated heterocycles. The third-order valence-electron chi connectivity index (χ3n) is 4.61. The summed E-state index contributed by atoms with van der Waals surface area (Å²) in [5.41, 5.74) is -0.617. The van der Waals surface area contributed by atoms with E-state index in [4.69, 9.17) is 9.31 Å². The number of nitrogens with zero attached hydrogens (tertiary/aromatic N) is 1. The Hall–Kier alpha value is -1.93. The molecule has 1 aliphatic heterocycles. The molecule has 0 saturated carbocycles. The fourth-order valence-electron chi connectivity index (χ4n) is 2.39. The molecule has 1 amide bonds. The van der Waals surface area contributed by atoms with Gasteiger partial charge in [0.05, 0.1) is 16.1 Å². The van der Waals surface area contributed by atoms with Crippen molar-refractivity contribution in [3.05, 3.63) is 33.9 Å². The van der Waals surface area contributed by atoms with E-state index >= 15 is 0 Å².